The van der Waals surface area contributed by atoms with Crippen LogP contribution in [-0.2, 0) is 30.3 Å². The van der Waals surface area contributed by atoms with Gasteiger partial charge in [-0.3, -0.25) is 14.9 Å². The molecule has 1 spiro atoms. The smallest absolute Gasteiger partial charge is 0.326 e. The zero-order chi connectivity index (χ0) is 23.8. The normalized spacial score (nSPS) is 24.8. The number of likely N-dealkylation sites (tertiary alicyclic amines) is 1. The third kappa shape index (κ3) is 6.54. The molecule has 4 atom stereocenters. The minimum atomic E-state index is -1.01. The van der Waals surface area contributed by atoms with Crippen molar-refractivity contribution < 1.29 is 29.0 Å². The summed E-state index contributed by atoms with van der Waals surface area (Å²) in [5.74, 6) is -1.74. The van der Waals surface area contributed by atoms with Gasteiger partial charge in [0.1, 0.15) is 12.1 Å². The molecule has 2 aliphatic heterocycles. The van der Waals surface area contributed by atoms with Crippen molar-refractivity contribution in [3.8, 4) is 0 Å². The fraction of sp³-hybridized carbons (Fsp3) is 0.640. The van der Waals surface area contributed by atoms with E-state index < -0.39 is 35.7 Å². The minimum absolute atomic E-state index is 0.248. The molecule has 2 N–H and O–H groups in total. The number of rotatable bonds is 9. The minimum Gasteiger partial charge on any atom is -0.480 e. The zero-order valence-corrected chi connectivity index (χ0v) is 19.6. The highest BCUT2D eigenvalue weighted by molar-refractivity contribution is 5.88. The average molecular weight is 461 g/mol. The summed E-state index contributed by atoms with van der Waals surface area (Å²) in [6, 6.07) is 7.51. The van der Waals surface area contributed by atoms with Gasteiger partial charge in [0.2, 0.25) is 5.91 Å². The van der Waals surface area contributed by atoms with E-state index in [1.807, 2.05) is 30.3 Å². The molecule has 0 aromatic heterocycles. The summed E-state index contributed by atoms with van der Waals surface area (Å²) >= 11 is 0. The Morgan fingerprint density at radius 2 is 2.00 bits per heavy atom. The number of aryl methyl sites for hydroxylation is 1. The third-order valence-corrected chi connectivity index (χ3v) is 6.67. The Kier molecular flexibility index (Phi) is 8.86. The van der Waals surface area contributed by atoms with Gasteiger partial charge < -0.3 is 19.5 Å². The largest absolute Gasteiger partial charge is 0.480 e. The van der Waals surface area contributed by atoms with Crippen LogP contribution in [0.4, 0.5) is 0 Å². The first-order valence-corrected chi connectivity index (χ1v) is 12.0. The molecule has 0 saturated carbocycles. The van der Waals surface area contributed by atoms with E-state index in [4.69, 9.17) is 9.47 Å². The topological polar surface area (TPSA) is 105 Å². The Bertz CT molecular complexity index is 808. The van der Waals surface area contributed by atoms with Gasteiger partial charge in [0.15, 0.2) is 0 Å². The maximum atomic E-state index is 13.4. The lowest BCUT2D eigenvalue weighted by Gasteiger charge is -2.47. The van der Waals surface area contributed by atoms with E-state index in [0.29, 0.717) is 32.3 Å². The summed E-state index contributed by atoms with van der Waals surface area (Å²) in [6.45, 7) is 4.58. The number of piperidine rings is 1. The Morgan fingerprint density at radius 1 is 1.24 bits per heavy atom. The number of hydrogen-bond donors (Lipinski definition) is 2. The number of ether oxygens (including phenoxy) is 2. The molecule has 0 bridgehead atoms. The van der Waals surface area contributed by atoms with Crippen LogP contribution >= 0.6 is 0 Å². The number of aliphatic carboxylic acids is 1. The third-order valence-electron chi connectivity index (χ3n) is 6.67. The second kappa shape index (κ2) is 11.6. The summed E-state index contributed by atoms with van der Waals surface area (Å²) < 4.78 is 11.3. The fourth-order valence-corrected chi connectivity index (χ4v) is 4.87. The molecule has 0 radical (unpaired) electrons. The SMILES string of the molecule is CCOC(=O)C(CCc1ccccc1)N[C@@H](C)C(=O)N1CC2(CCCCO2)CCC1C(=O)O. The van der Waals surface area contributed by atoms with Crippen LogP contribution in [0.15, 0.2) is 30.3 Å². The van der Waals surface area contributed by atoms with Crippen LogP contribution in [0.3, 0.4) is 0 Å². The highest BCUT2D eigenvalue weighted by atomic mass is 16.5. The second-order valence-electron chi connectivity index (χ2n) is 9.06. The van der Waals surface area contributed by atoms with Crippen LogP contribution in [0.1, 0.15) is 57.9 Å². The molecule has 2 saturated heterocycles. The maximum Gasteiger partial charge on any atom is 0.326 e. The van der Waals surface area contributed by atoms with E-state index in [1.165, 1.54) is 4.90 Å². The number of benzene rings is 1. The van der Waals surface area contributed by atoms with Crippen molar-refractivity contribution >= 4 is 17.8 Å². The molecular formula is C25H36N2O6. The Balaban J connectivity index is 1.70. The van der Waals surface area contributed by atoms with Gasteiger partial charge in [-0.05, 0) is 64.4 Å². The van der Waals surface area contributed by atoms with E-state index in [-0.39, 0.29) is 19.1 Å². The van der Waals surface area contributed by atoms with E-state index in [0.717, 1.165) is 24.8 Å². The quantitative estimate of drug-likeness (QED) is 0.546. The number of amides is 1. The maximum absolute atomic E-state index is 13.4. The first-order chi connectivity index (χ1) is 15.8. The van der Waals surface area contributed by atoms with E-state index >= 15 is 0 Å². The van der Waals surface area contributed by atoms with E-state index in [1.54, 1.807) is 13.8 Å². The van der Waals surface area contributed by atoms with Crippen molar-refractivity contribution in [2.24, 2.45) is 0 Å². The van der Waals surface area contributed by atoms with Crippen molar-refractivity contribution in [2.45, 2.75) is 82.5 Å². The van der Waals surface area contributed by atoms with Crippen LogP contribution in [-0.4, -0.2) is 71.3 Å². The summed E-state index contributed by atoms with van der Waals surface area (Å²) in [5, 5.41) is 12.9. The molecule has 8 nitrogen and oxygen atoms in total. The van der Waals surface area contributed by atoms with Gasteiger partial charge >= 0.3 is 11.9 Å². The van der Waals surface area contributed by atoms with Crippen LogP contribution in [0, 0.1) is 0 Å². The standard InChI is InChI=1S/C25H36N2O6/c1-3-32-24(31)20(12-11-19-9-5-4-6-10-19)26-18(2)22(28)27-17-25(14-7-8-16-33-25)15-13-21(27)23(29)30/h4-6,9-10,18,20-21,26H,3,7-8,11-17H2,1-2H3,(H,29,30)/t18-,20?,21?,25?/m0/s1. The van der Waals surface area contributed by atoms with Gasteiger partial charge in [0, 0.05) is 6.61 Å². The van der Waals surface area contributed by atoms with Crippen molar-refractivity contribution in [3.63, 3.8) is 0 Å². The molecule has 3 unspecified atom stereocenters. The number of carboxylic acid groups (broad SMARTS) is 1. The lowest BCUT2D eigenvalue weighted by Crippen LogP contribution is -2.62. The van der Waals surface area contributed by atoms with Crippen LogP contribution in [0.5, 0.6) is 0 Å². The van der Waals surface area contributed by atoms with Crippen LogP contribution < -0.4 is 5.32 Å². The number of carboxylic acids is 1. The number of carbonyl (C=O) groups excluding carboxylic acids is 2. The van der Waals surface area contributed by atoms with Crippen LogP contribution in [0.2, 0.25) is 0 Å². The summed E-state index contributed by atoms with van der Waals surface area (Å²) in [4.78, 5) is 39.4. The lowest BCUT2D eigenvalue weighted by molar-refractivity contribution is -0.169. The predicted octanol–water partition coefficient (Wildman–Crippen LogP) is 2.54. The number of nitrogens with zero attached hydrogens (tertiary/aromatic N) is 1. The van der Waals surface area contributed by atoms with Crippen LogP contribution in [0.25, 0.3) is 0 Å². The molecule has 2 aliphatic rings. The Labute approximate surface area is 195 Å². The van der Waals surface area contributed by atoms with E-state index in [2.05, 4.69) is 5.32 Å². The molecule has 1 aromatic carbocycles. The Hall–Kier alpha value is -2.45. The number of carbonyl (C=O) groups is 3. The monoisotopic (exact) mass is 460 g/mol. The summed E-state index contributed by atoms with van der Waals surface area (Å²) in [5.41, 5.74) is 0.624. The number of esters is 1. The zero-order valence-electron chi connectivity index (χ0n) is 19.6. The molecule has 1 amide bonds. The average Bonchev–Trinajstić information content (AvgIpc) is 2.82. The van der Waals surface area contributed by atoms with E-state index in [9.17, 15) is 19.5 Å². The van der Waals surface area contributed by atoms with Crippen molar-refractivity contribution in [2.75, 3.05) is 19.8 Å². The van der Waals surface area contributed by atoms with Crippen molar-refractivity contribution in [1.82, 2.24) is 10.2 Å². The Morgan fingerprint density at radius 3 is 2.64 bits per heavy atom. The first-order valence-electron chi connectivity index (χ1n) is 12.0. The van der Waals surface area contributed by atoms with Gasteiger partial charge in [-0.2, -0.15) is 0 Å². The lowest BCUT2D eigenvalue weighted by atomic mass is 9.82. The second-order valence-corrected chi connectivity index (χ2v) is 9.06. The van der Waals surface area contributed by atoms with Gasteiger partial charge in [-0.25, -0.2) is 4.79 Å². The van der Waals surface area contributed by atoms with Gasteiger partial charge in [-0.15, -0.1) is 0 Å². The molecule has 2 heterocycles. The molecular weight excluding hydrogens is 424 g/mol. The molecule has 33 heavy (non-hydrogen) atoms. The van der Waals surface area contributed by atoms with Crippen molar-refractivity contribution in [1.29, 1.82) is 0 Å². The van der Waals surface area contributed by atoms with Gasteiger partial charge in [0.25, 0.3) is 0 Å². The van der Waals surface area contributed by atoms with Crippen molar-refractivity contribution in [3.05, 3.63) is 35.9 Å². The summed E-state index contributed by atoms with van der Waals surface area (Å²) in [6.07, 6.45) is 4.94. The molecule has 8 heteroatoms. The molecule has 182 valence electrons. The number of hydrogen-bond acceptors (Lipinski definition) is 6. The fourth-order valence-electron chi connectivity index (χ4n) is 4.87. The molecule has 3 rings (SSSR count). The first kappa shape index (κ1) is 25.2. The molecule has 1 aromatic rings. The van der Waals surface area contributed by atoms with Gasteiger partial charge in [0.05, 0.1) is 24.8 Å². The molecule has 0 aliphatic carbocycles. The molecule has 2 fully saturated rings. The number of nitrogens with one attached hydrogen (secondary N) is 1. The highest BCUT2D eigenvalue weighted by Gasteiger charge is 2.46. The van der Waals surface area contributed by atoms with Gasteiger partial charge in [-0.1, -0.05) is 30.3 Å². The highest BCUT2D eigenvalue weighted by Crippen LogP contribution is 2.36. The predicted molar refractivity (Wildman–Crippen MR) is 123 cm³/mol. The summed E-state index contributed by atoms with van der Waals surface area (Å²) in [7, 11) is 0.